The van der Waals surface area contributed by atoms with Crippen LogP contribution in [0.3, 0.4) is 0 Å². The van der Waals surface area contributed by atoms with E-state index in [0.717, 1.165) is 0 Å². The van der Waals surface area contributed by atoms with Crippen LogP contribution in [-0.4, -0.2) is 5.11 Å². The van der Waals surface area contributed by atoms with Gasteiger partial charge in [-0.3, -0.25) is 0 Å². The SMILES string of the molecule is CC(C)c1c(F)c(Cl)c(F)c(O)c1P. The Morgan fingerprint density at radius 1 is 1.29 bits per heavy atom. The van der Waals surface area contributed by atoms with Crippen molar-refractivity contribution in [1.29, 1.82) is 0 Å². The molecule has 0 aliphatic rings. The quantitative estimate of drug-likeness (QED) is 0.589. The fourth-order valence-corrected chi connectivity index (χ4v) is 2.03. The van der Waals surface area contributed by atoms with E-state index >= 15 is 0 Å². The molecule has 0 aliphatic carbocycles. The average Bonchev–Trinajstić information content (AvgIpc) is 2.11. The van der Waals surface area contributed by atoms with Crippen LogP contribution in [0.4, 0.5) is 8.78 Å². The Bertz CT molecular complexity index is 351. The van der Waals surface area contributed by atoms with Gasteiger partial charge in [-0.1, -0.05) is 25.4 Å². The van der Waals surface area contributed by atoms with Crippen LogP contribution in [0.15, 0.2) is 0 Å². The molecular formula is C9H10ClF2OP. The van der Waals surface area contributed by atoms with Crippen LogP contribution in [0.25, 0.3) is 0 Å². The molecule has 1 nitrogen and oxygen atoms in total. The molecule has 1 aromatic rings. The highest BCUT2D eigenvalue weighted by Gasteiger charge is 2.22. The largest absolute Gasteiger partial charge is 0.504 e. The van der Waals surface area contributed by atoms with Gasteiger partial charge in [-0.05, 0) is 5.92 Å². The van der Waals surface area contributed by atoms with Crippen LogP contribution in [-0.2, 0) is 0 Å². The Morgan fingerprint density at radius 2 is 1.79 bits per heavy atom. The van der Waals surface area contributed by atoms with Gasteiger partial charge in [-0.25, -0.2) is 8.78 Å². The Hall–Kier alpha value is -0.400. The van der Waals surface area contributed by atoms with Crippen LogP contribution in [0, 0.1) is 11.6 Å². The zero-order valence-corrected chi connectivity index (χ0v) is 9.65. The summed E-state index contributed by atoms with van der Waals surface area (Å²) in [6.45, 7) is 3.47. The molecule has 5 heteroatoms. The maximum atomic E-state index is 13.5. The Morgan fingerprint density at radius 3 is 2.21 bits per heavy atom. The number of phenolic OH excluding ortho intramolecular Hbond substituents is 1. The van der Waals surface area contributed by atoms with E-state index in [1.807, 2.05) is 0 Å². The predicted octanol–water partition coefficient (Wildman–Crippen LogP) is 2.95. The molecule has 0 saturated carbocycles. The van der Waals surface area contributed by atoms with Crippen molar-refractivity contribution in [2.24, 2.45) is 0 Å². The van der Waals surface area contributed by atoms with Gasteiger partial charge >= 0.3 is 0 Å². The van der Waals surface area contributed by atoms with E-state index in [2.05, 4.69) is 9.24 Å². The molecule has 0 heterocycles. The van der Waals surface area contributed by atoms with E-state index in [1.165, 1.54) is 0 Å². The van der Waals surface area contributed by atoms with Crippen molar-refractivity contribution in [3.05, 3.63) is 22.2 Å². The molecule has 0 amide bonds. The minimum absolute atomic E-state index is 0.124. The third-order valence-electron chi connectivity index (χ3n) is 1.95. The van der Waals surface area contributed by atoms with Gasteiger partial charge in [0.2, 0.25) is 0 Å². The minimum atomic E-state index is -1.11. The van der Waals surface area contributed by atoms with Gasteiger partial charge in [-0.15, -0.1) is 9.24 Å². The maximum Gasteiger partial charge on any atom is 0.187 e. The summed E-state index contributed by atoms with van der Waals surface area (Å²) in [6.07, 6.45) is 0. The Kier molecular flexibility index (Phi) is 3.33. The number of rotatable bonds is 1. The first-order valence-corrected chi connectivity index (χ1v) is 4.98. The maximum absolute atomic E-state index is 13.5. The van der Waals surface area contributed by atoms with Crippen molar-refractivity contribution < 1.29 is 13.9 Å². The van der Waals surface area contributed by atoms with Crippen molar-refractivity contribution in [2.45, 2.75) is 19.8 Å². The zero-order valence-electron chi connectivity index (χ0n) is 7.74. The number of aromatic hydroxyl groups is 1. The van der Waals surface area contributed by atoms with E-state index in [4.69, 9.17) is 11.6 Å². The molecule has 1 unspecified atom stereocenters. The van der Waals surface area contributed by atoms with E-state index in [1.54, 1.807) is 13.8 Å². The first kappa shape index (κ1) is 11.7. The van der Waals surface area contributed by atoms with Crippen molar-refractivity contribution in [3.63, 3.8) is 0 Å². The standard InChI is InChI=1S/C9H10ClF2OP/c1-3(2)4-6(11)5(10)7(12)8(13)9(4)14/h3,13H,14H2,1-2H3. The van der Waals surface area contributed by atoms with Gasteiger partial charge in [0.1, 0.15) is 10.8 Å². The molecule has 1 rings (SSSR count). The summed E-state index contributed by atoms with van der Waals surface area (Å²) in [6, 6.07) is 0. The predicted molar refractivity (Wildman–Crippen MR) is 56.5 cm³/mol. The second kappa shape index (κ2) is 4.00. The van der Waals surface area contributed by atoms with E-state index < -0.39 is 22.4 Å². The molecule has 0 radical (unpaired) electrons. The first-order chi connectivity index (χ1) is 6.37. The third kappa shape index (κ3) is 1.71. The average molecular weight is 239 g/mol. The summed E-state index contributed by atoms with van der Waals surface area (Å²) in [5.74, 6) is -2.70. The van der Waals surface area contributed by atoms with E-state index in [-0.39, 0.29) is 16.8 Å². The molecule has 0 bridgehead atoms. The zero-order chi connectivity index (χ0) is 11.0. The lowest BCUT2D eigenvalue weighted by atomic mass is 10.0. The number of hydrogen-bond acceptors (Lipinski definition) is 1. The van der Waals surface area contributed by atoms with Gasteiger partial charge in [0.05, 0.1) is 0 Å². The minimum Gasteiger partial charge on any atom is -0.504 e. The summed E-state index contributed by atoms with van der Waals surface area (Å²) in [5, 5.41) is 8.76. The van der Waals surface area contributed by atoms with Crippen LogP contribution < -0.4 is 5.30 Å². The summed E-state index contributed by atoms with van der Waals surface area (Å²) in [7, 11) is 2.12. The van der Waals surface area contributed by atoms with Crippen molar-refractivity contribution in [1.82, 2.24) is 0 Å². The molecule has 0 aromatic heterocycles. The normalized spacial score (nSPS) is 11.1. The summed E-state index contributed by atoms with van der Waals surface area (Å²) in [4.78, 5) is 0. The van der Waals surface area contributed by atoms with Crippen molar-refractivity contribution in [3.8, 4) is 5.75 Å². The fraction of sp³-hybridized carbons (Fsp3) is 0.333. The van der Waals surface area contributed by atoms with Gasteiger partial charge in [0, 0.05) is 10.9 Å². The lowest BCUT2D eigenvalue weighted by Crippen LogP contribution is -2.10. The molecule has 0 saturated heterocycles. The van der Waals surface area contributed by atoms with Crippen molar-refractivity contribution in [2.75, 3.05) is 0 Å². The second-order valence-corrected chi connectivity index (χ2v) is 4.23. The van der Waals surface area contributed by atoms with Gasteiger partial charge < -0.3 is 5.11 Å². The number of halogens is 3. The highest BCUT2D eigenvalue weighted by atomic mass is 35.5. The lowest BCUT2D eigenvalue weighted by molar-refractivity contribution is 0.430. The van der Waals surface area contributed by atoms with E-state index in [9.17, 15) is 13.9 Å². The highest BCUT2D eigenvalue weighted by molar-refractivity contribution is 7.28. The molecule has 14 heavy (non-hydrogen) atoms. The summed E-state index contributed by atoms with van der Waals surface area (Å²) < 4.78 is 26.5. The molecule has 1 aromatic carbocycles. The van der Waals surface area contributed by atoms with Crippen LogP contribution in [0.2, 0.25) is 5.02 Å². The monoisotopic (exact) mass is 238 g/mol. The third-order valence-corrected chi connectivity index (χ3v) is 2.87. The lowest BCUT2D eigenvalue weighted by Gasteiger charge is -2.14. The van der Waals surface area contributed by atoms with Crippen LogP contribution in [0.5, 0.6) is 5.75 Å². The molecular weight excluding hydrogens is 229 g/mol. The molecule has 78 valence electrons. The van der Waals surface area contributed by atoms with Gasteiger partial charge in [0.15, 0.2) is 11.6 Å². The Balaban J connectivity index is 3.60. The van der Waals surface area contributed by atoms with Gasteiger partial charge in [0.25, 0.3) is 0 Å². The molecule has 0 aliphatic heterocycles. The molecule has 1 atom stereocenters. The smallest absolute Gasteiger partial charge is 0.187 e. The number of phenols is 1. The number of benzene rings is 1. The van der Waals surface area contributed by atoms with Crippen LogP contribution in [0.1, 0.15) is 25.3 Å². The highest BCUT2D eigenvalue weighted by Crippen LogP contribution is 2.32. The Labute approximate surface area is 88.3 Å². The fourth-order valence-electron chi connectivity index (χ4n) is 1.25. The van der Waals surface area contributed by atoms with E-state index in [0.29, 0.717) is 0 Å². The topological polar surface area (TPSA) is 20.2 Å². The summed E-state index contributed by atoms with van der Waals surface area (Å²) >= 11 is 5.38. The second-order valence-electron chi connectivity index (χ2n) is 3.27. The van der Waals surface area contributed by atoms with Crippen LogP contribution >= 0.6 is 20.8 Å². The van der Waals surface area contributed by atoms with Gasteiger partial charge in [-0.2, -0.15) is 0 Å². The molecule has 0 fully saturated rings. The summed E-state index contributed by atoms with van der Waals surface area (Å²) in [5.41, 5.74) is 0.221. The number of hydrogen-bond donors (Lipinski definition) is 1. The molecule has 0 spiro atoms. The van der Waals surface area contributed by atoms with Crippen molar-refractivity contribution >= 4 is 26.1 Å². The molecule has 1 N–H and O–H groups in total. The first-order valence-electron chi connectivity index (χ1n) is 4.02.